The van der Waals surface area contributed by atoms with Gasteiger partial charge in [0, 0.05) is 16.5 Å². The van der Waals surface area contributed by atoms with Gasteiger partial charge >= 0.3 is 0 Å². The van der Waals surface area contributed by atoms with Crippen LogP contribution in [0.2, 0.25) is 0 Å². The molecule has 1 aromatic heterocycles. The largest absolute Gasteiger partial charge is 0.259 e. The molecule has 1 N–H and O–H groups in total. The van der Waals surface area contributed by atoms with Crippen molar-refractivity contribution in [3.63, 3.8) is 0 Å². The Balaban J connectivity index is 2.14. The van der Waals surface area contributed by atoms with Gasteiger partial charge in [0.15, 0.2) is 5.82 Å². The van der Waals surface area contributed by atoms with Crippen LogP contribution in [-0.2, 0) is 0 Å². The molecule has 0 aliphatic rings. The molecule has 0 amide bonds. The number of hydrazone groups is 1. The summed E-state index contributed by atoms with van der Waals surface area (Å²) >= 11 is 0. The molecule has 0 radical (unpaired) electrons. The van der Waals surface area contributed by atoms with E-state index in [9.17, 15) is 0 Å². The molecular weight excluding hydrogens is 260 g/mol. The molecule has 0 atom stereocenters. The van der Waals surface area contributed by atoms with Crippen LogP contribution >= 0.6 is 0 Å². The van der Waals surface area contributed by atoms with Crippen molar-refractivity contribution in [3.8, 4) is 0 Å². The topological polar surface area (TPSA) is 50.2 Å². The number of anilines is 1. The minimum atomic E-state index is 0.735. The fourth-order valence-electron chi connectivity index (χ4n) is 2.24. The predicted molar refractivity (Wildman–Crippen MR) is 89.6 cm³/mol. The summed E-state index contributed by atoms with van der Waals surface area (Å²) in [6, 6.07) is 8.09. The van der Waals surface area contributed by atoms with Gasteiger partial charge in [0.25, 0.3) is 0 Å². The average Bonchev–Trinajstić information content (AvgIpc) is 2.54. The molecule has 2 rings (SSSR count). The van der Waals surface area contributed by atoms with E-state index in [1.807, 2.05) is 24.3 Å². The Labute approximate surface area is 126 Å². The van der Waals surface area contributed by atoms with Gasteiger partial charge in [0.05, 0.1) is 6.20 Å². The summed E-state index contributed by atoms with van der Waals surface area (Å²) in [5, 5.41) is 14.9. The second-order valence-corrected chi connectivity index (χ2v) is 5.28. The number of nitrogens with zero attached hydrogens (tertiary/aromatic N) is 3. The van der Waals surface area contributed by atoms with E-state index in [1.165, 1.54) is 31.4 Å². The molecule has 0 aliphatic carbocycles. The van der Waals surface area contributed by atoms with Gasteiger partial charge in [-0.05, 0) is 25.7 Å². The van der Waals surface area contributed by atoms with Crippen LogP contribution in [0.15, 0.2) is 35.6 Å². The average molecular weight is 284 g/mol. The number of rotatable bonds is 8. The van der Waals surface area contributed by atoms with Crippen molar-refractivity contribution < 1.29 is 0 Å². The first-order valence-electron chi connectivity index (χ1n) is 7.87. The van der Waals surface area contributed by atoms with Crippen molar-refractivity contribution in [1.82, 2.24) is 10.2 Å². The maximum absolute atomic E-state index is 4.58. The van der Waals surface area contributed by atoms with Crippen LogP contribution in [0, 0.1) is 0 Å². The third kappa shape index (κ3) is 4.52. The van der Waals surface area contributed by atoms with Gasteiger partial charge in [0.1, 0.15) is 0 Å². The zero-order chi connectivity index (χ0) is 14.9. The van der Waals surface area contributed by atoms with E-state index in [-0.39, 0.29) is 0 Å². The first kappa shape index (κ1) is 15.4. The highest BCUT2D eigenvalue weighted by Crippen LogP contribution is 2.19. The lowest BCUT2D eigenvalue weighted by molar-refractivity contribution is 0.784. The van der Waals surface area contributed by atoms with Crippen molar-refractivity contribution in [2.45, 2.75) is 52.4 Å². The van der Waals surface area contributed by atoms with Crippen molar-refractivity contribution in [2.24, 2.45) is 5.10 Å². The summed E-state index contributed by atoms with van der Waals surface area (Å²) in [4.78, 5) is 0. The highest BCUT2D eigenvalue weighted by atomic mass is 15.3. The first-order chi connectivity index (χ1) is 10.3. The zero-order valence-electron chi connectivity index (χ0n) is 13.0. The molecule has 1 aromatic carbocycles. The van der Waals surface area contributed by atoms with Crippen LogP contribution < -0.4 is 5.43 Å². The monoisotopic (exact) mass is 284 g/mol. The van der Waals surface area contributed by atoms with Crippen molar-refractivity contribution in [2.75, 3.05) is 5.43 Å². The quantitative estimate of drug-likeness (QED) is 0.560. The number of nitrogens with one attached hydrogen (secondary N) is 1. The van der Waals surface area contributed by atoms with E-state index in [0.29, 0.717) is 0 Å². The Bertz CT molecular complexity index is 577. The maximum atomic E-state index is 4.58. The standard InChI is InChI=1S/C17H24N4/c1-3-5-10-15(11-6-4-2)19-21-17-16-12-8-7-9-14(16)13-18-20-17/h7-9,12-13H,3-6,10-11H2,1-2H3,(H,20,21). The highest BCUT2D eigenvalue weighted by Gasteiger charge is 2.03. The molecule has 0 saturated heterocycles. The minimum Gasteiger partial charge on any atom is -0.259 e. The molecule has 0 saturated carbocycles. The third-order valence-corrected chi connectivity index (χ3v) is 3.53. The normalized spacial score (nSPS) is 10.6. The third-order valence-electron chi connectivity index (χ3n) is 3.53. The summed E-state index contributed by atoms with van der Waals surface area (Å²) in [6.07, 6.45) is 8.65. The van der Waals surface area contributed by atoms with E-state index >= 15 is 0 Å². The fraction of sp³-hybridized carbons (Fsp3) is 0.471. The number of fused-ring (bicyclic) bond motifs is 1. The molecule has 21 heavy (non-hydrogen) atoms. The summed E-state index contributed by atoms with van der Waals surface area (Å²) < 4.78 is 0. The highest BCUT2D eigenvalue weighted by molar-refractivity contribution is 5.92. The lowest BCUT2D eigenvalue weighted by Gasteiger charge is -2.07. The molecule has 0 fully saturated rings. The molecule has 4 heteroatoms. The van der Waals surface area contributed by atoms with Crippen LogP contribution in [-0.4, -0.2) is 15.9 Å². The maximum Gasteiger partial charge on any atom is 0.176 e. The van der Waals surface area contributed by atoms with Gasteiger partial charge in [0.2, 0.25) is 0 Å². The zero-order valence-corrected chi connectivity index (χ0v) is 13.0. The second-order valence-electron chi connectivity index (χ2n) is 5.28. The number of hydrogen-bond acceptors (Lipinski definition) is 4. The predicted octanol–water partition coefficient (Wildman–Crippen LogP) is 4.78. The van der Waals surface area contributed by atoms with Crippen LogP contribution in [0.5, 0.6) is 0 Å². The second kappa shape index (κ2) is 8.35. The number of aromatic nitrogens is 2. The Kier molecular flexibility index (Phi) is 6.13. The van der Waals surface area contributed by atoms with Crippen molar-refractivity contribution >= 4 is 22.3 Å². The molecule has 0 bridgehead atoms. The molecule has 0 spiro atoms. The minimum absolute atomic E-state index is 0.735. The Morgan fingerprint density at radius 2 is 1.81 bits per heavy atom. The number of benzene rings is 1. The first-order valence-corrected chi connectivity index (χ1v) is 7.87. The van der Waals surface area contributed by atoms with E-state index in [1.54, 1.807) is 6.20 Å². The molecule has 112 valence electrons. The molecule has 0 aliphatic heterocycles. The van der Waals surface area contributed by atoms with Crippen molar-refractivity contribution in [1.29, 1.82) is 0 Å². The summed E-state index contributed by atoms with van der Waals surface area (Å²) in [6.45, 7) is 4.42. The van der Waals surface area contributed by atoms with Gasteiger partial charge in [-0.15, -0.1) is 5.10 Å². The van der Waals surface area contributed by atoms with Crippen LogP contribution in [0.4, 0.5) is 5.82 Å². The summed E-state index contributed by atoms with van der Waals surface area (Å²) in [5.74, 6) is 0.735. The molecule has 1 heterocycles. The Morgan fingerprint density at radius 3 is 2.52 bits per heavy atom. The number of unbranched alkanes of at least 4 members (excludes halogenated alkanes) is 2. The van der Waals surface area contributed by atoms with Crippen LogP contribution in [0.1, 0.15) is 52.4 Å². The van der Waals surface area contributed by atoms with Gasteiger partial charge in [-0.25, -0.2) is 0 Å². The fourth-order valence-corrected chi connectivity index (χ4v) is 2.24. The lowest BCUT2D eigenvalue weighted by atomic mass is 10.1. The SMILES string of the molecule is CCCCC(CCCC)=NNc1nncc2ccccc12. The van der Waals surface area contributed by atoms with Crippen LogP contribution in [0.3, 0.4) is 0 Å². The van der Waals surface area contributed by atoms with E-state index in [0.717, 1.165) is 29.4 Å². The van der Waals surface area contributed by atoms with Gasteiger partial charge in [-0.2, -0.15) is 10.2 Å². The van der Waals surface area contributed by atoms with Gasteiger partial charge in [-0.3, -0.25) is 5.43 Å². The smallest absolute Gasteiger partial charge is 0.176 e. The molecular formula is C17H24N4. The van der Waals surface area contributed by atoms with E-state index in [2.05, 4.69) is 34.6 Å². The summed E-state index contributed by atoms with van der Waals surface area (Å²) in [7, 11) is 0. The van der Waals surface area contributed by atoms with Crippen molar-refractivity contribution in [3.05, 3.63) is 30.5 Å². The van der Waals surface area contributed by atoms with Gasteiger partial charge < -0.3 is 0 Å². The molecule has 0 unspecified atom stereocenters. The van der Waals surface area contributed by atoms with Crippen LogP contribution in [0.25, 0.3) is 10.8 Å². The Morgan fingerprint density at radius 1 is 1.10 bits per heavy atom. The van der Waals surface area contributed by atoms with E-state index < -0.39 is 0 Å². The number of hydrogen-bond donors (Lipinski definition) is 1. The summed E-state index contributed by atoms with van der Waals surface area (Å²) in [5.41, 5.74) is 4.35. The molecule has 4 nitrogen and oxygen atoms in total. The Hall–Kier alpha value is -1.97. The lowest BCUT2D eigenvalue weighted by Crippen LogP contribution is -2.04. The van der Waals surface area contributed by atoms with E-state index in [4.69, 9.17) is 0 Å². The van der Waals surface area contributed by atoms with Gasteiger partial charge in [-0.1, -0.05) is 51.0 Å². The molecule has 2 aromatic rings.